The molecular formula is C17H22N2O4. The fourth-order valence-corrected chi connectivity index (χ4v) is 2.13. The van der Waals surface area contributed by atoms with Crippen molar-refractivity contribution >= 4 is 11.8 Å². The van der Waals surface area contributed by atoms with Gasteiger partial charge in [-0.1, -0.05) is 0 Å². The molecule has 0 unspecified atom stereocenters. The van der Waals surface area contributed by atoms with Gasteiger partial charge in [-0.2, -0.15) is 0 Å². The third-order valence-corrected chi connectivity index (χ3v) is 3.11. The van der Waals surface area contributed by atoms with Crippen molar-refractivity contribution in [1.82, 2.24) is 10.2 Å². The molecule has 0 radical (unpaired) electrons. The van der Waals surface area contributed by atoms with Crippen LogP contribution < -0.4 is 5.32 Å². The minimum Gasteiger partial charge on any atom is -0.472 e. The van der Waals surface area contributed by atoms with Crippen LogP contribution in [0, 0.1) is 0 Å². The molecule has 0 aliphatic rings. The molecule has 0 bridgehead atoms. The average molecular weight is 318 g/mol. The van der Waals surface area contributed by atoms with Crippen LogP contribution in [0.4, 0.5) is 0 Å². The van der Waals surface area contributed by atoms with Crippen LogP contribution in [0.25, 0.3) is 0 Å². The predicted molar refractivity (Wildman–Crippen MR) is 84.7 cm³/mol. The summed E-state index contributed by atoms with van der Waals surface area (Å²) in [6.45, 7) is 6.36. The van der Waals surface area contributed by atoms with E-state index in [-0.39, 0.29) is 23.8 Å². The van der Waals surface area contributed by atoms with Gasteiger partial charge in [-0.05, 0) is 39.0 Å². The molecule has 0 atom stereocenters. The first-order valence-corrected chi connectivity index (χ1v) is 7.50. The van der Waals surface area contributed by atoms with Gasteiger partial charge in [0.1, 0.15) is 12.0 Å². The van der Waals surface area contributed by atoms with Crippen LogP contribution >= 0.6 is 0 Å². The number of hydrogen-bond donors (Lipinski definition) is 1. The van der Waals surface area contributed by atoms with Crippen molar-refractivity contribution < 1.29 is 18.4 Å². The zero-order chi connectivity index (χ0) is 16.9. The average Bonchev–Trinajstić information content (AvgIpc) is 3.13. The van der Waals surface area contributed by atoms with Gasteiger partial charge in [0, 0.05) is 18.5 Å². The van der Waals surface area contributed by atoms with Crippen molar-refractivity contribution in [2.24, 2.45) is 0 Å². The number of hydrogen-bond acceptors (Lipinski definition) is 4. The Morgan fingerprint density at radius 1 is 1.22 bits per heavy atom. The molecule has 0 fully saturated rings. The molecule has 0 spiro atoms. The van der Waals surface area contributed by atoms with Crippen molar-refractivity contribution in [2.45, 2.75) is 39.3 Å². The van der Waals surface area contributed by atoms with Crippen LogP contribution in [0.3, 0.4) is 0 Å². The molecule has 0 aliphatic heterocycles. The summed E-state index contributed by atoms with van der Waals surface area (Å²) in [7, 11) is 0. The molecule has 6 nitrogen and oxygen atoms in total. The maximum Gasteiger partial charge on any atom is 0.257 e. The highest BCUT2D eigenvalue weighted by molar-refractivity contribution is 5.94. The van der Waals surface area contributed by atoms with Crippen molar-refractivity contribution in [3.8, 4) is 0 Å². The molecule has 2 rings (SSSR count). The zero-order valence-electron chi connectivity index (χ0n) is 13.7. The van der Waals surface area contributed by atoms with E-state index in [1.807, 2.05) is 20.8 Å². The van der Waals surface area contributed by atoms with E-state index in [4.69, 9.17) is 8.83 Å². The number of nitrogens with one attached hydrogen (secondary N) is 1. The van der Waals surface area contributed by atoms with Gasteiger partial charge in [-0.25, -0.2) is 0 Å². The topological polar surface area (TPSA) is 75.7 Å². The van der Waals surface area contributed by atoms with Gasteiger partial charge in [0.05, 0.1) is 24.6 Å². The minimum absolute atomic E-state index is 0.0954. The number of amides is 2. The van der Waals surface area contributed by atoms with Gasteiger partial charge >= 0.3 is 0 Å². The summed E-state index contributed by atoms with van der Waals surface area (Å²) in [6, 6.07) is 5.17. The summed E-state index contributed by atoms with van der Waals surface area (Å²) < 4.78 is 10.3. The summed E-state index contributed by atoms with van der Waals surface area (Å²) >= 11 is 0. The van der Waals surface area contributed by atoms with E-state index in [9.17, 15) is 9.59 Å². The van der Waals surface area contributed by atoms with Crippen LogP contribution in [0.1, 0.15) is 43.3 Å². The summed E-state index contributed by atoms with van der Waals surface area (Å²) in [5.41, 5.74) is 0.157. The number of carbonyl (C=O) groups is 2. The van der Waals surface area contributed by atoms with Gasteiger partial charge in [0.25, 0.3) is 5.91 Å². The Balaban J connectivity index is 2.01. The minimum atomic E-state index is -0.294. The Hall–Kier alpha value is -2.50. The highest BCUT2D eigenvalue weighted by atomic mass is 16.3. The molecule has 0 aromatic carbocycles. The molecule has 0 aliphatic carbocycles. The molecule has 23 heavy (non-hydrogen) atoms. The Labute approximate surface area is 135 Å². The van der Waals surface area contributed by atoms with Gasteiger partial charge in [0.15, 0.2) is 0 Å². The summed E-state index contributed by atoms with van der Waals surface area (Å²) in [5.74, 6) is 0.374. The highest BCUT2D eigenvalue weighted by Crippen LogP contribution is 2.12. The Morgan fingerprint density at radius 3 is 2.57 bits per heavy atom. The smallest absolute Gasteiger partial charge is 0.257 e. The quantitative estimate of drug-likeness (QED) is 0.888. The highest BCUT2D eigenvalue weighted by Gasteiger charge is 2.20. The van der Waals surface area contributed by atoms with Crippen LogP contribution in [0.2, 0.25) is 0 Å². The SMILES string of the molecule is CC(C)(C)NC(=O)CCN(Cc1ccco1)C(=O)c1ccoc1. The standard InChI is InChI=1S/C17H22N2O4/c1-17(2,3)18-15(20)6-8-19(11-14-5-4-9-23-14)16(21)13-7-10-22-12-13/h4-5,7,9-10,12H,6,8,11H2,1-3H3,(H,18,20). The van der Waals surface area contributed by atoms with Crippen LogP contribution in [-0.2, 0) is 11.3 Å². The Morgan fingerprint density at radius 2 is 2.00 bits per heavy atom. The summed E-state index contributed by atoms with van der Waals surface area (Å²) in [5, 5.41) is 2.89. The maximum absolute atomic E-state index is 12.5. The van der Waals surface area contributed by atoms with Gasteiger partial charge in [-0.15, -0.1) is 0 Å². The molecule has 2 heterocycles. The molecular weight excluding hydrogens is 296 g/mol. The van der Waals surface area contributed by atoms with E-state index in [0.29, 0.717) is 24.4 Å². The zero-order valence-corrected chi connectivity index (χ0v) is 13.7. The first-order valence-electron chi connectivity index (χ1n) is 7.50. The second-order valence-corrected chi connectivity index (χ2v) is 6.37. The number of nitrogens with zero attached hydrogens (tertiary/aromatic N) is 1. The normalized spacial score (nSPS) is 11.3. The lowest BCUT2D eigenvalue weighted by molar-refractivity contribution is -0.122. The third kappa shape index (κ3) is 5.32. The van der Waals surface area contributed by atoms with Crippen LogP contribution in [0.5, 0.6) is 0 Å². The van der Waals surface area contributed by atoms with Crippen LogP contribution in [-0.4, -0.2) is 28.8 Å². The van der Waals surface area contributed by atoms with E-state index in [2.05, 4.69) is 5.32 Å². The third-order valence-electron chi connectivity index (χ3n) is 3.11. The van der Waals surface area contributed by atoms with E-state index >= 15 is 0 Å². The number of carbonyl (C=O) groups excluding carboxylic acids is 2. The van der Waals surface area contributed by atoms with Crippen molar-refractivity contribution in [2.75, 3.05) is 6.54 Å². The second-order valence-electron chi connectivity index (χ2n) is 6.37. The lowest BCUT2D eigenvalue weighted by Gasteiger charge is -2.24. The Kier molecular flexibility index (Phi) is 5.26. The molecule has 6 heteroatoms. The largest absolute Gasteiger partial charge is 0.472 e. The fourth-order valence-electron chi connectivity index (χ4n) is 2.13. The van der Waals surface area contributed by atoms with Gasteiger partial charge in [0.2, 0.25) is 5.91 Å². The second kappa shape index (κ2) is 7.17. The molecule has 0 saturated carbocycles. The van der Waals surface area contributed by atoms with Gasteiger partial charge in [-0.3, -0.25) is 9.59 Å². The maximum atomic E-state index is 12.5. The number of furan rings is 2. The molecule has 0 saturated heterocycles. The van der Waals surface area contributed by atoms with E-state index < -0.39 is 0 Å². The first-order chi connectivity index (χ1) is 10.8. The summed E-state index contributed by atoms with van der Waals surface area (Å²) in [6.07, 6.45) is 4.63. The summed E-state index contributed by atoms with van der Waals surface area (Å²) in [4.78, 5) is 26.1. The number of rotatable bonds is 6. The molecule has 1 N–H and O–H groups in total. The van der Waals surface area contributed by atoms with E-state index in [1.165, 1.54) is 12.5 Å². The molecule has 2 aromatic heterocycles. The molecule has 2 aromatic rings. The van der Waals surface area contributed by atoms with Crippen molar-refractivity contribution in [3.63, 3.8) is 0 Å². The fraction of sp³-hybridized carbons (Fsp3) is 0.412. The van der Waals surface area contributed by atoms with E-state index in [0.717, 1.165) is 0 Å². The first kappa shape index (κ1) is 16.9. The van der Waals surface area contributed by atoms with Crippen molar-refractivity contribution in [3.05, 3.63) is 48.3 Å². The van der Waals surface area contributed by atoms with E-state index in [1.54, 1.807) is 29.4 Å². The predicted octanol–water partition coefficient (Wildman–Crippen LogP) is 2.82. The lowest BCUT2D eigenvalue weighted by Crippen LogP contribution is -2.42. The molecule has 124 valence electrons. The van der Waals surface area contributed by atoms with Crippen molar-refractivity contribution in [1.29, 1.82) is 0 Å². The molecule has 2 amide bonds. The monoisotopic (exact) mass is 318 g/mol. The van der Waals surface area contributed by atoms with Gasteiger partial charge < -0.3 is 19.1 Å². The Bertz CT molecular complexity index is 624. The van der Waals surface area contributed by atoms with Crippen LogP contribution in [0.15, 0.2) is 45.8 Å². The lowest BCUT2D eigenvalue weighted by atomic mass is 10.1.